The van der Waals surface area contributed by atoms with Gasteiger partial charge in [0.2, 0.25) is 0 Å². The minimum atomic E-state index is -2.60. The summed E-state index contributed by atoms with van der Waals surface area (Å²) in [5.74, 6) is 0.0861. The Balaban J connectivity index is 1.56. The normalized spacial score (nSPS) is 14.0. The molecule has 5 rings (SSSR count). The predicted octanol–water partition coefficient (Wildman–Crippen LogP) is 2.96. The number of amides is 1. The number of carbonyl (C=O) groups is 1. The van der Waals surface area contributed by atoms with E-state index < -0.39 is 24.2 Å². The summed E-state index contributed by atoms with van der Waals surface area (Å²) in [5.41, 5.74) is 3.72. The Kier molecular flexibility index (Phi) is 8.06. The summed E-state index contributed by atoms with van der Waals surface area (Å²) in [6, 6.07) is 13.9. The van der Waals surface area contributed by atoms with E-state index in [1.165, 1.54) is 42.7 Å². The topological polar surface area (TPSA) is 135 Å². The van der Waals surface area contributed by atoms with E-state index in [-0.39, 0.29) is 30.4 Å². The minimum Gasteiger partial charge on any atom is -0.760 e. The van der Waals surface area contributed by atoms with Crippen LogP contribution in [0.5, 0.6) is 5.75 Å². The molecular formula is C28H27BFN2O7S-. The average molecular weight is 565 g/mol. The van der Waals surface area contributed by atoms with E-state index in [0.29, 0.717) is 39.2 Å². The lowest BCUT2D eigenvalue weighted by atomic mass is 9.80. The zero-order valence-electron chi connectivity index (χ0n) is 21.8. The van der Waals surface area contributed by atoms with Crippen LogP contribution in [-0.2, 0) is 24.4 Å². The number of carbonyl (C=O) groups excluding carboxylic acids is 1. The van der Waals surface area contributed by atoms with Crippen molar-refractivity contribution in [3.05, 3.63) is 82.7 Å². The number of rotatable bonds is 10. The molecule has 1 unspecified atom stereocenters. The zero-order valence-corrected chi connectivity index (χ0v) is 22.7. The van der Waals surface area contributed by atoms with Crippen LogP contribution in [0.3, 0.4) is 0 Å². The molecule has 1 atom stereocenters. The maximum Gasteiger partial charge on any atom is 0.488 e. The molecule has 208 valence electrons. The van der Waals surface area contributed by atoms with Gasteiger partial charge in [0.1, 0.15) is 22.9 Å². The Morgan fingerprint density at radius 2 is 1.85 bits per heavy atom. The molecule has 1 fully saturated rings. The Morgan fingerprint density at radius 1 is 1.15 bits per heavy atom. The molecule has 12 heteroatoms. The monoisotopic (exact) mass is 565 g/mol. The van der Waals surface area contributed by atoms with Crippen LogP contribution >= 0.6 is 0 Å². The highest BCUT2D eigenvalue weighted by Crippen LogP contribution is 2.45. The molecule has 0 radical (unpaired) electrons. The first kappa shape index (κ1) is 28.0. The highest BCUT2D eigenvalue weighted by molar-refractivity contribution is 7.76. The number of ether oxygens (including phenoxy) is 1. The standard InChI is InChI=1S/C28H28BFN2O7S/c1-31-28(33)26-23-13-22(16-3-4-16)19(11-25(23)39-27(26)17-6-9-21(30)10-7-17)15-32(40(36)37)14-18-5-8-20(29(34)35)12-24(18)38-2/h5-13,16,34-35H,3-4,14-15H2,1-2H3,(H,31,33)(H,36,37)/p-1. The summed E-state index contributed by atoms with van der Waals surface area (Å²) < 4.78 is 51.0. The lowest BCUT2D eigenvalue weighted by Crippen LogP contribution is -2.30. The van der Waals surface area contributed by atoms with Crippen LogP contribution in [0.1, 0.15) is 45.8 Å². The van der Waals surface area contributed by atoms with Gasteiger partial charge in [-0.1, -0.05) is 12.1 Å². The van der Waals surface area contributed by atoms with Crippen LogP contribution in [-0.4, -0.2) is 50.3 Å². The molecule has 1 aliphatic rings. The van der Waals surface area contributed by atoms with Gasteiger partial charge in [0.15, 0.2) is 0 Å². The number of methoxy groups -OCH3 is 1. The van der Waals surface area contributed by atoms with Gasteiger partial charge in [0.05, 0.1) is 12.7 Å². The third-order valence-corrected chi connectivity index (χ3v) is 7.72. The molecule has 1 saturated carbocycles. The third-order valence-electron chi connectivity index (χ3n) is 7.04. The van der Waals surface area contributed by atoms with E-state index in [1.807, 2.05) is 6.07 Å². The fourth-order valence-corrected chi connectivity index (χ4v) is 5.35. The Hall–Kier alpha value is -3.55. The van der Waals surface area contributed by atoms with Crippen molar-refractivity contribution in [2.75, 3.05) is 14.2 Å². The van der Waals surface area contributed by atoms with Crippen molar-refractivity contribution < 1.29 is 37.1 Å². The van der Waals surface area contributed by atoms with E-state index in [4.69, 9.17) is 9.15 Å². The van der Waals surface area contributed by atoms with Crippen LogP contribution in [0.25, 0.3) is 22.3 Å². The first-order valence-corrected chi connectivity index (χ1v) is 13.7. The lowest BCUT2D eigenvalue weighted by molar-refractivity contribution is 0.0964. The quantitative estimate of drug-likeness (QED) is 0.199. The van der Waals surface area contributed by atoms with Crippen molar-refractivity contribution in [2.45, 2.75) is 31.8 Å². The molecule has 0 spiro atoms. The highest BCUT2D eigenvalue weighted by Gasteiger charge is 2.30. The van der Waals surface area contributed by atoms with Crippen LogP contribution < -0.4 is 15.5 Å². The molecule has 4 aromatic rings. The fraction of sp³-hybridized carbons (Fsp3) is 0.250. The summed E-state index contributed by atoms with van der Waals surface area (Å²) in [6.45, 7) is 0.0129. The van der Waals surface area contributed by atoms with E-state index in [0.717, 1.165) is 24.0 Å². The highest BCUT2D eigenvalue weighted by atomic mass is 32.2. The summed E-state index contributed by atoms with van der Waals surface area (Å²) in [7, 11) is 1.26. The van der Waals surface area contributed by atoms with Gasteiger partial charge in [-0.2, -0.15) is 0 Å². The third kappa shape index (κ3) is 5.67. The first-order chi connectivity index (χ1) is 19.2. The Labute approximate surface area is 233 Å². The summed E-state index contributed by atoms with van der Waals surface area (Å²) in [5, 5.41) is 22.2. The predicted molar refractivity (Wildman–Crippen MR) is 148 cm³/mol. The van der Waals surface area contributed by atoms with Gasteiger partial charge < -0.3 is 29.1 Å². The molecule has 3 N–H and O–H groups in total. The maximum atomic E-state index is 13.6. The van der Waals surface area contributed by atoms with Gasteiger partial charge >= 0.3 is 7.12 Å². The zero-order chi connectivity index (χ0) is 28.6. The van der Waals surface area contributed by atoms with Crippen LogP contribution in [0, 0.1) is 5.82 Å². The van der Waals surface area contributed by atoms with E-state index >= 15 is 0 Å². The summed E-state index contributed by atoms with van der Waals surface area (Å²) >= 11 is -2.60. The number of hydrogen-bond donors (Lipinski definition) is 3. The first-order valence-electron chi connectivity index (χ1n) is 12.6. The summed E-state index contributed by atoms with van der Waals surface area (Å²) in [6.07, 6.45) is 1.88. The Bertz CT molecular complexity index is 1590. The summed E-state index contributed by atoms with van der Waals surface area (Å²) in [4.78, 5) is 12.9. The van der Waals surface area contributed by atoms with Crippen molar-refractivity contribution in [2.24, 2.45) is 0 Å². The number of fused-ring (bicyclic) bond motifs is 1. The molecule has 0 aliphatic heterocycles. The fourth-order valence-electron chi connectivity index (χ4n) is 4.86. The number of halogens is 1. The van der Waals surface area contributed by atoms with Gasteiger partial charge in [-0.15, -0.1) is 0 Å². The van der Waals surface area contributed by atoms with E-state index in [2.05, 4.69) is 5.32 Å². The molecule has 40 heavy (non-hydrogen) atoms. The van der Waals surface area contributed by atoms with Crippen molar-refractivity contribution in [3.8, 4) is 17.1 Å². The molecule has 9 nitrogen and oxygen atoms in total. The molecule has 0 bridgehead atoms. The second kappa shape index (κ2) is 11.5. The van der Waals surface area contributed by atoms with Gasteiger partial charge in [-0.05, 0) is 77.8 Å². The molecule has 0 saturated heterocycles. The molecule has 1 aromatic heterocycles. The molecule has 1 aliphatic carbocycles. The molecular weight excluding hydrogens is 538 g/mol. The van der Waals surface area contributed by atoms with Crippen LogP contribution in [0.2, 0.25) is 0 Å². The average Bonchev–Trinajstić information content (AvgIpc) is 3.72. The second-order valence-electron chi connectivity index (χ2n) is 9.67. The molecule has 3 aromatic carbocycles. The van der Waals surface area contributed by atoms with Crippen molar-refractivity contribution in [3.63, 3.8) is 0 Å². The largest absolute Gasteiger partial charge is 0.760 e. The van der Waals surface area contributed by atoms with Crippen molar-refractivity contribution >= 4 is 40.7 Å². The molecule has 1 heterocycles. The van der Waals surface area contributed by atoms with Gasteiger partial charge in [-0.25, -0.2) is 8.70 Å². The number of benzene rings is 3. The SMILES string of the molecule is CNC(=O)c1c(-c2ccc(F)cc2)oc2cc(CN(Cc3ccc(B(O)O)cc3OC)S(=O)[O-])c(C3CC3)cc12. The van der Waals surface area contributed by atoms with Gasteiger partial charge in [0.25, 0.3) is 5.91 Å². The van der Waals surface area contributed by atoms with Gasteiger partial charge in [0, 0.05) is 47.9 Å². The minimum absolute atomic E-state index is 0.0221. The number of nitrogens with one attached hydrogen (secondary N) is 1. The molecule has 1 amide bonds. The van der Waals surface area contributed by atoms with Crippen LogP contribution in [0.4, 0.5) is 4.39 Å². The van der Waals surface area contributed by atoms with E-state index in [1.54, 1.807) is 24.3 Å². The lowest BCUT2D eigenvalue weighted by Gasteiger charge is -2.26. The van der Waals surface area contributed by atoms with E-state index in [9.17, 15) is 28.0 Å². The van der Waals surface area contributed by atoms with Gasteiger partial charge in [-0.3, -0.25) is 9.00 Å². The number of furan rings is 1. The van der Waals surface area contributed by atoms with Crippen molar-refractivity contribution in [1.82, 2.24) is 9.62 Å². The Morgan fingerprint density at radius 3 is 2.45 bits per heavy atom. The number of nitrogens with zero attached hydrogens (tertiary/aromatic N) is 1. The maximum absolute atomic E-state index is 13.6. The number of hydrogen-bond acceptors (Lipinski definition) is 7. The second-order valence-corrected chi connectivity index (χ2v) is 10.6. The van der Waals surface area contributed by atoms with Crippen molar-refractivity contribution in [1.29, 1.82) is 0 Å². The van der Waals surface area contributed by atoms with Crippen LogP contribution in [0.15, 0.2) is 59.0 Å². The smallest absolute Gasteiger partial charge is 0.488 e.